The lowest BCUT2D eigenvalue weighted by atomic mass is 10.2. The number of carbonyl (C=O) groups is 1. The number of rotatable bonds is 4. The molecule has 100 valence electrons. The predicted molar refractivity (Wildman–Crippen MR) is 75.0 cm³/mol. The first-order chi connectivity index (χ1) is 9.04. The van der Waals surface area contributed by atoms with Crippen molar-refractivity contribution in [1.82, 2.24) is 14.8 Å². The number of hydrogen-bond donors (Lipinski definition) is 1. The Labute approximate surface area is 123 Å². The van der Waals surface area contributed by atoms with E-state index in [9.17, 15) is 9.90 Å². The van der Waals surface area contributed by atoms with Crippen molar-refractivity contribution < 1.29 is 9.90 Å². The van der Waals surface area contributed by atoms with Crippen LogP contribution < -0.4 is 0 Å². The molecular weight excluding hydrogens is 334 g/mol. The highest BCUT2D eigenvalue weighted by Crippen LogP contribution is 2.25. The summed E-state index contributed by atoms with van der Waals surface area (Å²) < 4.78 is 2.17. The molecule has 0 saturated carbocycles. The molecule has 0 aliphatic rings. The average Bonchev–Trinajstić information content (AvgIpc) is 2.67. The summed E-state index contributed by atoms with van der Waals surface area (Å²) in [4.78, 5) is 15.3. The zero-order valence-corrected chi connectivity index (χ0v) is 12.4. The van der Waals surface area contributed by atoms with Crippen molar-refractivity contribution in [3.05, 3.63) is 39.3 Å². The number of aryl methyl sites for hydroxylation is 1. The lowest BCUT2D eigenvalue weighted by molar-refractivity contribution is 0.0696. The van der Waals surface area contributed by atoms with Gasteiger partial charge in [-0.15, -0.1) is 0 Å². The molecule has 0 amide bonds. The predicted octanol–water partition coefficient (Wildman–Crippen LogP) is 3.33. The van der Waals surface area contributed by atoms with Crippen molar-refractivity contribution in [2.24, 2.45) is 0 Å². The second-order valence-corrected chi connectivity index (χ2v) is 5.21. The Morgan fingerprint density at radius 3 is 2.84 bits per heavy atom. The molecule has 5 nitrogen and oxygen atoms in total. The van der Waals surface area contributed by atoms with E-state index in [0.717, 1.165) is 10.9 Å². The van der Waals surface area contributed by atoms with Crippen molar-refractivity contribution in [2.75, 3.05) is 0 Å². The minimum Gasteiger partial charge on any atom is -0.478 e. The molecule has 0 aliphatic heterocycles. The van der Waals surface area contributed by atoms with Crippen molar-refractivity contribution in [2.45, 2.75) is 19.8 Å². The lowest BCUT2D eigenvalue weighted by Gasteiger charge is -2.02. The standard InChI is InChI=1S/C12H11BrClN3O2/c1-2-3-9-10(12(18)19)11(14)17(16-9)8-4-7(13)5-15-6-8/h4-6H,2-3H2,1H3,(H,18,19). The number of carboxylic acids is 1. The third kappa shape index (κ3) is 2.79. The summed E-state index contributed by atoms with van der Waals surface area (Å²) in [6.45, 7) is 1.96. The van der Waals surface area contributed by atoms with E-state index < -0.39 is 5.97 Å². The number of hydrogen-bond acceptors (Lipinski definition) is 3. The van der Waals surface area contributed by atoms with Crippen molar-refractivity contribution in [3.63, 3.8) is 0 Å². The van der Waals surface area contributed by atoms with Crippen LogP contribution >= 0.6 is 27.5 Å². The number of carboxylic acid groups (broad SMARTS) is 1. The Morgan fingerprint density at radius 1 is 1.53 bits per heavy atom. The van der Waals surface area contributed by atoms with Crippen LogP contribution in [0.2, 0.25) is 5.15 Å². The van der Waals surface area contributed by atoms with E-state index in [1.54, 1.807) is 18.5 Å². The van der Waals surface area contributed by atoms with E-state index in [4.69, 9.17) is 11.6 Å². The fourth-order valence-electron chi connectivity index (χ4n) is 1.75. The highest BCUT2D eigenvalue weighted by Gasteiger charge is 2.22. The smallest absolute Gasteiger partial charge is 0.340 e. The maximum atomic E-state index is 11.3. The molecule has 0 radical (unpaired) electrons. The Morgan fingerprint density at radius 2 is 2.26 bits per heavy atom. The summed E-state index contributed by atoms with van der Waals surface area (Å²) in [5.41, 5.74) is 1.16. The van der Waals surface area contributed by atoms with Crippen molar-refractivity contribution >= 4 is 33.5 Å². The Bertz CT molecular complexity index is 627. The first kappa shape index (κ1) is 14.0. The van der Waals surface area contributed by atoms with E-state index >= 15 is 0 Å². The Balaban J connectivity index is 2.59. The second-order valence-electron chi connectivity index (χ2n) is 3.94. The van der Waals surface area contributed by atoms with Gasteiger partial charge in [-0.1, -0.05) is 24.9 Å². The molecular formula is C12H11BrClN3O2. The molecule has 0 bridgehead atoms. The first-order valence-corrected chi connectivity index (χ1v) is 6.83. The van der Waals surface area contributed by atoms with Crippen LogP contribution in [0.1, 0.15) is 29.4 Å². The zero-order chi connectivity index (χ0) is 14.0. The van der Waals surface area contributed by atoms with Gasteiger partial charge in [0.2, 0.25) is 0 Å². The molecule has 7 heteroatoms. The molecule has 2 rings (SSSR count). The zero-order valence-electron chi connectivity index (χ0n) is 10.1. The Kier molecular flexibility index (Phi) is 4.21. The summed E-state index contributed by atoms with van der Waals surface area (Å²) in [6, 6.07) is 1.77. The molecule has 2 aromatic rings. The van der Waals surface area contributed by atoms with Crippen LogP contribution in [0.5, 0.6) is 0 Å². The van der Waals surface area contributed by atoms with Gasteiger partial charge in [0, 0.05) is 10.7 Å². The highest BCUT2D eigenvalue weighted by molar-refractivity contribution is 9.10. The normalized spacial score (nSPS) is 10.7. The molecule has 2 aromatic heterocycles. The van der Waals surface area contributed by atoms with Crippen LogP contribution in [0.15, 0.2) is 22.9 Å². The lowest BCUT2D eigenvalue weighted by Crippen LogP contribution is -2.00. The SMILES string of the molecule is CCCc1nn(-c2cncc(Br)c2)c(Cl)c1C(=O)O. The molecule has 0 atom stereocenters. The molecule has 0 spiro atoms. The van der Waals surface area contributed by atoms with Crippen LogP contribution in [-0.2, 0) is 6.42 Å². The molecule has 0 saturated heterocycles. The van der Waals surface area contributed by atoms with Gasteiger partial charge in [0.25, 0.3) is 0 Å². The van der Waals surface area contributed by atoms with E-state index in [1.807, 2.05) is 6.92 Å². The topological polar surface area (TPSA) is 68.0 Å². The molecule has 1 N–H and O–H groups in total. The van der Waals surface area contributed by atoms with Gasteiger partial charge in [-0.3, -0.25) is 4.98 Å². The molecule has 19 heavy (non-hydrogen) atoms. The number of halogens is 2. The summed E-state index contributed by atoms with van der Waals surface area (Å²) in [5, 5.41) is 13.6. The van der Waals surface area contributed by atoms with E-state index in [0.29, 0.717) is 17.8 Å². The van der Waals surface area contributed by atoms with E-state index in [2.05, 4.69) is 26.0 Å². The molecule has 0 aromatic carbocycles. The monoisotopic (exact) mass is 343 g/mol. The number of nitrogens with zero attached hydrogens (tertiary/aromatic N) is 3. The fourth-order valence-corrected chi connectivity index (χ4v) is 2.43. The molecule has 0 fully saturated rings. The number of aromatic carboxylic acids is 1. The van der Waals surface area contributed by atoms with Gasteiger partial charge in [-0.25, -0.2) is 9.48 Å². The maximum absolute atomic E-state index is 11.3. The van der Waals surface area contributed by atoms with Crippen LogP contribution in [0.4, 0.5) is 0 Å². The maximum Gasteiger partial charge on any atom is 0.340 e. The van der Waals surface area contributed by atoms with Crippen molar-refractivity contribution in [1.29, 1.82) is 0 Å². The van der Waals surface area contributed by atoms with Gasteiger partial charge in [0.1, 0.15) is 10.7 Å². The number of aromatic nitrogens is 3. The van der Waals surface area contributed by atoms with Crippen molar-refractivity contribution in [3.8, 4) is 5.69 Å². The number of pyridine rings is 1. The van der Waals surface area contributed by atoms with Gasteiger partial charge in [0.05, 0.1) is 17.6 Å². The summed E-state index contributed by atoms with van der Waals surface area (Å²) in [6.07, 6.45) is 4.57. The summed E-state index contributed by atoms with van der Waals surface area (Å²) in [5.74, 6) is -1.07. The van der Waals surface area contributed by atoms with Crippen LogP contribution in [0.25, 0.3) is 5.69 Å². The van der Waals surface area contributed by atoms with E-state index in [-0.39, 0.29) is 10.7 Å². The summed E-state index contributed by atoms with van der Waals surface area (Å²) in [7, 11) is 0. The average molecular weight is 345 g/mol. The van der Waals surface area contributed by atoms with Crippen LogP contribution in [-0.4, -0.2) is 25.8 Å². The van der Waals surface area contributed by atoms with Gasteiger partial charge < -0.3 is 5.11 Å². The second kappa shape index (κ2) is 5.71. The molecule has 0 aliphatic carbocycles. The van der Waals surface area contributed by atoms with Gasteiger partial charge >= 0.3 is 5.97 Å². The fraction of sp³-hybridized carbons (Fsp3) is 0.250. The first-order valence-electron chi connectivity index (χ1n) is 5.66. The van der Waals surface area contributed by atoms with Crippen LogP contribution in [0.3, 0.4) is 0 Å². The molecule has 2 heterocycles. The van der Waals surface area contributed by atoms with Gasteiger partial charge in [-0.2, -0.15) is 5.10 Å². The minimum atomic E-state index is -1.07. The largest absolute Gasteiger partial charge is 0.478 e. The molecule has 0 unspecified atom stereocenters. The Hall–Kier alpha value is -1.40. The van der Waals surface area contributed by atoms with E-state index in [1.165, 1.54) is 4.68 Å². The third-order valence-electron chi connectivity index (χ3n) is 2.54. The highest BCUT2D eigenvalue weighted by atomic mass is 79.9. The third-order valence-corrected chi connectivity index (χ3v) is 3.32. The quantitative estimate of drug-likeness (QED) is 0.923. The van der Waals surface area contributed by atoms with Crippen LogP contribution in [0, 0.1) is 0 Å². The van der Waals surface area contributed by atoms with Gasteiger partial charge in [0.15, 0.2) is 0 Å². The summed E-state index contributed by atoms with van der Waals surface area (Å²) >= 11 is 9.43. The van der Waals surface area contributed by atoms with Gasteiger partial charge in [-0.05, 0) is 28.4 Å². The minimum absolute atomic E-state index is 0.0588.